The van der Waals surface area contributed by atoms with Crippen molar-refractivity contribution in [3.63, 3.8) is 0 Å². The van der Waals surface area contributed by atoms with Gasteiger partial charge in [-0.3, -0.25) is 10.1 Å². The van der Waals surface area contributed by atoms with E-state index >= 15 is 0 Å². The zero-order valence-electron chi connectivity index (χ0n) is 11.3. The highest BCUT2D eigenvalue weighted by molar-refractivity contribution is 5.89. The van der Waals surface area contributed by atoms with Crippen LogP contribution in [-0.2, 0) is 9.53 Å². The Morgan fingerprint density at radius 1 is 1.39 bits per heavy atom. The van der Waals surface area contributed by atoms with Gasteiger partial charge < -0.3 is 9.64 Å². The van der Waals surface area contributed by atoms with Crippen molar-refractivity contribution in [2.24, 2.45) is 0 Å². The van der Waals surface area contributed by atoms with E-state index in [1.807, 2.05) is 0 Å². The predicted octanol–water partition coefficient (Wildman–Crippen LogP) is 1.65. The van der Waals surface area contributed by atoms with E-state index in [4.69, 9.17) is 4.74 Å². The zero-order valence-corrected chi connectivity index (χ0v) is 11.3. The van der Waals surface area contributed by atoms with E-state index in [0.29, 0.717) is 5.91 Å². The third-order valence-corrected chi connectivity index (χ3v) is 4.76. The van der Waals surface area contributed by atoms with Crippen LogP contribution in [0.15, 0.2) is 0 Å². The summed E-state index contributed by atoms with van der Waals surface area (Å²) in [5, 5.41) is 3.61. The first-order valence-electron chi connectivity index (χ1n) is 7.45. The van der Waals surface area contributed by atoms with E-state index in [1.165, 1.54) is 12.8 Å². The molecule has 102 valence electrons. The fourth-order valence-corrected chi connectivity index (χ4v) is 3.75. The normalized spacial score (nSPS) is 34.9. The van der Waals surface area contributed by atoms with Gasteiger partial charge in [0.25, 0.3) is 0 Å². The Morgan fingerprint density at radius 3 is 2.78 bits per heavy atom. The van der Waals surface area contributed by atoms with Crippen LogP contribution in [0.3, 0.4) is 0 Å². The molecule has 1 aliphatic carbocycles. The Kier molecular flexibility index (Phi) is 3.32. The Labute approximate surface area is 109 Å². The largest absolute Gasteiger partial charge is 0.376 e. The molecule has 1 N–H and O–H groups in total. The highest BCUT2D eigenvalue weighted by Gasteiger charge is 2.52. The molecular weight excluding hydrogens is 228 g/mol. The standard InChI is InChI=1S/C14H24N2O2/c1-2-12-15-14(7-3-4-8-14)13(17)16(12)10-11-6-5-9-18-11/h11-12,15H,2-10H2,1H3. The predicted molar refractivity (Wildman–Crippen MR) is 69.1 cm³/mol. The molecule has 2 aliphatic heterocycles. The van der Waals surface area contributed by atoms with Gasteiger partial charge in [-0.05, 0) is 32.1 Å². The van der Waals surface area contributed by atoms with Crippen molar-refractivity contribution in [3.05, 3.63) is 0 Å². The lowest BCUT2D eigenvalue weighted by Crippen LogP contribution is -2.44. The second-order valence-corrected chi connectivity index (χ2v) is 5.95. The minimum atomic E-state index is -0.223. The molecule has 2 unspecified atom stereocenters. The number of hydrogen-bond donors (Lipinski definition) is 1. The molecule has 0 aromatic heterocycles. The minimum Gasteiger partial charge on any atom is -0.376 e. The maximum atomic E-state index is 12.7. The first-order chi connectivity index (χ1) is 8.75. The number of amides is 1. The molecule has 4 heteroatoms. The van der Waals surface area contributed by atoms with Gasteiger partial charge >= 0.3 is 0 Å². The molecular formula is C14H24N2O2. The number of carbonyl (C=O) groups is 1. The molecule has 4 nitrogen and oxygen atoms in total. The molecule has 1 saturated carbocycles. The van der Waals surface area contributed by atoms with Gasteiger partial charge in [0.1, 0.15) is 0 Å². The molecule has 18 heavy (non-hydrogen) atoms. The van der Waals surface area contributed by atoms with Crippen LogP contribution in [0.4, 0.5) is 0 Å². The highest BCUT2D eigenvalue weighted by Crippen LogP contribution is 2.37. The number of ether oxygens (including phenoxy) is 1. The molecule has 0 aromatic carbocycles. The Bertz CT molecular complexity index is 320. The third kappa shape index (κ3) is 1.95. The van der Waals surface area contributed by atoms with Gasteiger partial charge in [0.15, 0.2) is 0 Å². The van der Waals surface area contributed by atoms with Crippen LogP contribution >= 0.6 is 0 Å². The molecule has 2 heterocycles. The zero-order chi connectivity index (χ0) is 12.6. The molecule has 0 aromatic rings. The van der Waals surface area contributed by atoms with Crippen molar-refractivity contribution in [1.29, 1.82) is 0 Å². The van der Waals surface area contributed by atoms with E-state index in [0.717, 1.165) is 45.3 Å². The van der Waals surface area contributed by atoms with Crippen molar-refractivity contribution >= 4 is 5.91 Å². The van der Waals surface area contributed by atoms with Crippen molar-refractivity contribution in [2.45, 2.75) is 69.7 Å². The van der Waals surface area contributed by atoms with Crippen LogP contribution in [0.25, 0.3) is 0 Å². The second kappa shape index (κ2) is 4.82. The van der Waals surface area contributed by atoms with Crippen LogP contribution < -0.4 is 5.32 Å². The molecule has 0 bridgehead atoms. The molecule has 3 fully saturated rings. The summed E-state index contributed by atoms with van der Waals surface area (Å²) < 4.78 is 5.69. The van der Waals surface area contributed by atoms with Gasteiger partial charge in [-0.2, -0.15) is 0 Å². The summed E-state index contributed by atoms with van der Waals surface area (Å²) in [7, 11) is 0. The first-order valence-corrected chi connectivity index (χ1v) is 7.45. The number of carbonyl (C=O) groups excluding carboxylic acids is 1. The Balaban J connectivity index is 1.72. The molecule has 1 amide bonds. The minimum absolute atomic E-state index is 0.222. The van der Waals surface area contributed by atoms with Crippen LogP contribution in [0.5, 0.6) is 0 Å². The van der Waals surface area contributed by atoms with E-state index in [2.05, 4.69) is 17.1 Å². The quantitative estimate of drug-likeness (QED) is 0.830. The summed E-state index contributed by atoms with van der Waals surface area (Å²) in [6, 6.07) is 0. The fourth-order valence-electron chi connectivity index (χ4n) is 3.75. The van der Waals surface area contributed by atoms with Gasteiger partial charge in [-0.1, -0.05) is 19.8 Å². The van der Waals surface area contributed by atoms with E-state index in [9.17, 15) is 4.79 Å². The van der Waals surface area contributed by atoms with Crippen LogP contribution in [0.1, 0.15) is 51.9 Å². The summed E-state index contributed by atoms with van der Waals surface area (Å²) in [5.41, 5.74) is -0.223. The lowest BCUT2D eigenvalue weighted by molar-refractivity contribution is -0.134. The molecule has 1 spiro atoms. The smallest absolute Gasteiger partial charge is 0.244 e. The van der Waals surface area contributed by atoms with Crippen molar-refractivity contribution in [2.75, 3.05) is 13.2 Å². The summed E-state index contributed by atoms with van der Waals surface area (Å²) in [6.07, 6.45) is 8.12. The number of nitrogens with one attached hydrogen (secondary N) is 1. The van der Waals surface area contributed by atoms with Gasteiger partial charge in [0, 0.05) is 13.2 Å². The summed E-state index contributed by atoms with van der Waals surface area (Å²) in [5.74, 6) is 0.336. The van der Waals surface area contributed by atoms with Gasteiger partial charge in [0.05, 0.1) is 17.8 Å². The second-order valence-electron chi connectivity index (χ2n) is 5.95. The first kappa shape index (κ1) is 12.4. The average molecular weight is 252 g/mol. The third-order valence-electron chi connectivity index (χ3n) is 4.76. The van der Waals surface area contributed by atoms with E-state index in [-0.39, 0.29) is 17.8 Å². The van der Waals surface area contributed by atoms with Gasteiger partial charge in [-0.15, -0.1) is 0 Å². The van der Waals surface area contributed by atoms with Crippen molar-refractivity contribution < 1.29 is 9.53 Å². The number of hydrogen-bond acceptors (Lipinski definition) is 3. The Morgan fingerprint density at radius 2 is 2.17 bits per heavy atom. The summed E-state index contributed by atoms with van der Waals surface area (Å²) in [6.45, 7) is 3.80. The lowest BCUT2D eigenvalue weighted by atomic mass is 9.98. The van der Waals surface area contributed by atoms with Crippen molar-refractivity contribution in [3.8, 4) is 0 Å². The molecule has 2 atom stereocenters. The van der Waals surface area contributed by atoms with Crippen LogP contribution in [-0.4, -0.2) is 41.8 Å². The van der Waals surface area contributed by atoms with Crippen LogP contribution in [0.2, 0.25) is 0 Å². The number of rotatable bonds is 3. The maximum absolute atomic E-state index is 12.7. The van der Waals surface area contributed by atoms with E-state index < -0.39 is 0 Å². The fraction of sp³-hybridized carbons (Fsp3) is 0.929. The van der Waals surface area contributed by atoms with Gasteiger partial charge in [-0.25, -0.2) is 0 Å². The summed E-state index contributed by atoms with van der Waals surface area (Å²) in [4.78, 5) is 14.8. The monoisotopic (exact) mass is 252 g/mol. The average Bonchev–Trinajstić information content (AvgIpc) is 3.08. The number of nitrogens with zero attached hydrogens (tertiary/aromatic N) is 1. The van der Waals surface area contributed by atoms with Gasteiger partial charge in [0.2, 0.25) is 5.91 Å². The molecule has 2 saturated heterocycles. The molecule has 0 radical (unpaired) electrons. The van der Waals surface area contributed by atoms with E-state index in [1.54, 1.807) is 0 Å². The molecule has 3 aliphatic rings. The summed E-state index contributed by atoms with van der Waals surface area (Å²) >= 11 is 0. The van der Waals surface area contributed by atoms with Crippen LogP contribution in [0, 0.1) is 0 Å². The SMILES string of the molecule is CCC1NC2(CCCC2)C(=O)N1CC1CCCO1. The lowest BCUT2D eigenvalue weighted by Gasteiger charge is -2.26. The highest BCUT2D eigenvalue weighted by atomic mass is 16.5. The maximum Gasteiger partial charge on any atom is 0.244 e. The van der Waals surface area contributed by atoms with Crippen molar-refractivity contribution in [1.82, 2.24) is 10.2 Å². The Hall–Kier alpha value is -0.610. The molecule has 3 rings (SSSR count). The topological polar surface area (TPSA) is 41.6 Å².